The molecule has 1 heterocycles. The highest BCUT2D eigenvalue weighted by molar-refractivity contribution is 5.70. The second kappa shape index (κ2) is 32.1. The summed E-state index contributed by atoms with van der Waals surface area (Å²) in [5.74, 6) is -2.08. The number of rotatable bonds is 33. The van der Waals surface area contributed by atoms with Gasteiger partial charge in [0.2, 0.25) is 0 Å². The minimum Gasteiger partial charge on any atom is -0.456 e. The zero-order valence-electron chi connectivity index (χ0n) is 32.8. The van der Waals surface area contributed by atoms with Crippen molar-refractivity contribution in [3.8, 4) is 0 Å². The quantitative estimate of drug-likeness (QED) is 0.0192. The molecule has 0 unspecified atom stereocenters. The van der Waals surface area contributed by atoms with E-state index >= 15 is 0 Å². The van der Waals surface area contributed by atoms with Gasteiger partial charge in [-0.3, -0.25) is 14.5 Å². The molecular formula is C40H72O13. The molecule has 0 spiro atoms. The average molecular weight is 761 g/mol. The molecule has 0 saturated carbocycles. The van der Waals surface area contributed by atoms with Crippen molar-refractivity contribution < 1.29 is 63.5 Å². The van der Waals surface area contributed by atoms with E-state index in [4.69, 9.17) is 28.7 Å². The lowest BCUT2D eigenvalue weighted by Crippen LogP contribution is -2.62. The van der Waals surface area contributed by atoms with Crippen LogP contribution in [0, 0.1) is 0 Å². The van der Waals surface area contributed by atoms with Crippen LogP contribution < -0.4 is 0 Å². The Morgan fingerprint density at radius 1 is 0.642 bits per heavy atom. The maximum atomic E-state index is 13.1. The fraction of sp³-hybridized carbons (Fsp3) is 0.875. The molecule has 1 fully saturated rings. The third-order valence-corrected chi connectivity index (χ3v) is 9.28. The summed E-state index contributed by atoms with van der Waals surface area (Å²) in [4.78, 5) is 48.4. The van der Waals surface area contributed by atoms with E-state index in [1.807, 2.05) is 6.08 Å². The van der Waals surface area contributed by atoms with Crippen LogP contribution in [0.15, 0.2) is 12.2 Å². The summed E-state index contributed by atoms with van der Waals surface area (Å²) >= 11 is 0. The summed E-state index contributed by atoms with van der Waals surface area (Å²) in [7, 11) is 0. The topological polar surface area (TPSA) is 188 Å². The van der Waals surface area contributed by atoms with Gasteiger partial charge < -0.3 is 39.4 Å². The number of aliphatic hydroxyl groups excluding tert-OH is 4. The van der Waals surface area contributed by atoms with Gasteiger partial charge in [0.15, 0.2) is 24.6 Å². The molecule has 1 aliphatic rings. The van der Waals surface area contributed by atoms with E-state index in [-0.39, 0.29) is 12.8 Å². The fourth-order valence-corrected chi connectivity index (χ4v) is 6.09. The summed E-state index contributed by atoms with van der Waals surface area (Å²) in [6.45, 7) is 3.53. The summed E-state index contributed by atoms with van der Waals surface area (Å²) in [5.41, 5.74) is 0. The van der Waals surface area contributed by atoms with Crippen molar-refractivity contribution in [3.63, 3.8) is 0 Å². The molecule has 0 aromatic heterocycles. The zero-order chi connectivity index (χ0) is 39.1. The van der Waals surface area contributed by atoms with Gasteiger partial charge in [-0.2, -0.15) is 4.89 Å². The maximum absolute atomic E-state index is 13.1. The van der Waals surface area contributed by atoms with Gasteiger partial charge in [-0.15, -0.1) is 0 Å². The highest BCUT2D eigenvalue weighted by Crippen LogP contribution is 2.30. The van der Waals surface area contributed by atoms with Crippen LogP contribution in [0.2, 0.25) is 0 Å². The molecule has 310 valence electrons. The van der Waals surface area contributed by atoms with Crippen molar-refractivity contribution in [2.24, 2.45) is 0 Å². The molecule has 1 aliphatic heterocycles. The van der Waals surface area contributed by atoms with E-state index in [2.05, 4.69) is 19.9 Å². The lowest BCUT2D eigenvalue weighted by Gasteiger charge is -2.43. The van der Waals surface area contributed by atoms with Crippen LogP contribution in [0.3, 0.4) is 0 Å². The first-order valence-corrected chi connectivity index (χ1v) is 20.4. The number of hydrogen-bond donors (Lipinski definition) is 4. The Morgan fingerprint density at radius 3 is 1.72 bits per heavy atom. The van der Waals surface area contributed by atoms with Crippen LogP contribution in [0.5, 0.6) is 0 Å². The minimum absolute atomic E-state index is 0.0221. The van der Waals surface area contributed by atoms with Gasteiger partial charge in [-0.25, -0.2) is 4.79 Å². The van der Waals surface area contributed by atoms with E-state index in [0.717, 1.165) is 51.9 Å². The van der Waals surface area contributed by atoms with Crippen LogP contribution in [-0.2, 0) is 43.1 Å². The first-order chi connectivity index (χ1) is 25.7. The van der Waals surface area contributed by atoms with E-state index in [9.17, 15) is 34.8 Å². The molecule has 0 amide bonds. The molecule has 1 saturated heterocycles. The molecule has 0 aliphatic carbocycles. The Labute approximate surface area is 318 Å². The Balaban J connectivity index is 2.81. The van der Waals surface area contributed by atoms with Gasteiger partial charge >= 0.3 is 17.9 Å². The van der Waals surface area contributed by atoms with Crippen LogP contribution in [-0.4, -0.2) is 101 Å². The molecule has 13 heteroatoms. The van der Waals surface area contributed by atoms with Crippen LogP contribution in [0.25, 0.3) is 0 Å². The van der Waals surface area contributed by atoms with Crippen molar-refractivity contribution >= 4 is 17.9 Å². The van der Waals surface area contributed by atoms with Crippen molar-refractivity contribution in [1.82, 2.24) is 0 Å². The van der Waals surface area contributed by atoms with Crippen molar-refractivity contribution in [2.45, 2.75) is 205 Å². The lowest BCUT2D eigenvalue weighted by atomic mass is 9.98. The molecule has 0 radical (unpaired) electrons. The predicted octanol–water partition coefficient (Wildman–Crippen LogP) is 6.30. The molecule has 1 rings (SSSR count). The fourth-order valence-electron chi connectivity index (χ4n) is 6.09. The first kappa shape index (κ1) is 48.9. The van der Waals surface area contributed by atoms with Crippen LogP contribution >= 0.6 is 0 Å². The lowest BCUT2D eigenvalue weighted by molar-refractivity contribution is -0.391. The van der Waals surface area contributed by atoms with Crippen LogP contribution in [0.4, 0.5) is 0 Å². The third kappa shape index (κ3) is 23.4. The minimum atomic E-state index is -1.54. The second-order valence-corrected chi connectivity index (χ2v) is 14.1. The van der Waals surface area contributed by atoms with Gasteiger partial charge in [0.25, 0.3) is 0 Å². The predicted molar refractivity (Wildman–Crippen MR) is 199 cm³/mol. The Kier molecular flexibility index (Phi) is 29.7. The monoisotopic (exact) mass is 760 g/mol. The molecule has 0 bridgehead atoms. The standard InChI is InChI=1S/C40H72O13/c1-4-6-8-10-12-13-14-15-16-17-18-19-21-22-24-26-35(46)51-38-37(49-31(3)43)34(29-42)50-40(48-30-33(45)32(44)28-41)39(38)53-52-36(47)27-25-23-20-11-9-7-5-2/h19,21,32-34,37-42,44-45H,4-18,20,22-30H2,1-3H3/b21-19+/t32-,33+,34-,37-,38+,39+,40-/m1/s1. The highest BCUT2D eigenvalue weighted by Gasteiger charge is 2.52. The molecule has 7 atom stereocenters. The number of unbranched alkanes of at least 4 members (excludes halogenated alkanes) is 17. The van der Waals surface area contributed by atoms with E-state index in [1.165, 1.54) is 64.2 Å². The van der Waals surface area contributed by atoms with E-state index in [0.29, 0.717) is 19.3 Å². The van der Waals surface area contributed by atoms with Gasteiger partial charge in [0.1, 0.15) is 18.3 Å². The van der Waals surface area contributed by atoms with Gasteiger partial charge in [0, 0.05) is 19.8 Å². The maximum Gasteiger partial charge on any atom is 0.342 e. The molecule has 4 N–H and O–H groups in total. The molecule has 53 heavy (non-hydrogen) atoms. The molecule has 0 aromatic rings. The smallest absolute Gasteiger partial charge is 0.342 e. The van der Waals surface area contributed by atoms with Crippen molar-refractivity contribution in [2.75, 3.05) is 19.8 Å². The highest BCUT2D eigenvalue weighted by atomic mass is 17.2. The zero-order valence-corrected chi connectivity index (χ0v) is 32.8. The Bertz CT molecular complexity index is 961. The van der Waals surface area contributed by atoms with Crippen LogP contribution in [0.1, 0.15) is 162 Å². The van der Waals surface area contributed by atoms with Gasteiger partial charge in [0.05, 0.1) is 19.8 Å². The number of esters is 2. The van der Waals surface area contributed by atoms with Gasteiger partial charge in [-0.1, -0.05) is 122 Å². The third-order valence-electron chi connectivity index (χ3n) is 9.28. The number of carbonyl (C=O) groups is 3. The normalized spacial score (nSPS) is 21.4. The van der Waals surface area contributed by atoms with E-state index in [1.54, 1.807) is 0 Å². The van der Waals surface area contributed by atoms with Gasteiger partial charge in [-0.05, 0) is 32.1 Å². The number of ether oxygens (including phenoxy) is 4. The number of hydrogen-bond acceptors (Lipinski definition) is 13. The summed E-state index contributed by atoms with van der Waals surface area (Å²) in [5, 5.41) is 39.3. The average Bonchev–Trinajstić information content (AvgIpc) is 3.14. The molecule has 0 aromatic carbocycles. The summed E-state index contributed by atoms with van der Waals surface area (Å²) in [6.07, 6.45) is 16.0. The number of aliphatic hydroxyl groups is 4. The molecular weight excluding hydrogens is 688 g/mol. The largest absolute Gasteiger partial charge is 0.456 e. The summed E-state index contributed by atoms with van der Waals surface area (Å²) in [6, 6.07) is 0. The number of allylic oxidation sites excluding steroid dienone is 2. The number of carbonyl (C=O) groups excluding carboxylic acids is 3. The Morgan fingerprint density at radius 2 is 1.17 bits per heavy atom. The SMILES string of the molecule is CCCCCCCCCCCC/C=C/CCCC(=O)O[C@@H]1[C@H](OOC(=O)CCCCCCCCC)[C@H](OC[C@H](O)[C@H](O)CO)O[C@H](CO)[C@H]1OC(C)=O. The van der Waals surface area contributed by atoms with Crippen molar-refractivity contribution in [3.05, 3.63) is 12.2 Å². The summed E-state index contributed by atoms with van der Waals surface area (Å²) < 4.78 is 22.6. The first-order valence-electron chi connectivity index (χ1n) is 20.4. The van der Waals surface area contributed by atoms with E-state index < -0.39 is 80.6 Å². The second-order valence-electron chi connectivity index (χ2n) is 14.1. The molecule has 13 nitrogen and oxygen atoms in total. The Hall–Kier alpha value is -2.13. The van der Waals surface area contributed by atoms with Crippen molar-refractivity contribution in [1.29, 1.82) is 0 Å².